The number of hydrogen-bond donors (Lipinski definition) is 1. The lowest BCUT2D eigenvalue weighted by atomic mass is 10.1. The molecule has 0 saturated heterocycles. The first-order chi connectivity index (χ1) is 9.95. The van der Waals surface area contributed by atoms with Gasteiger partial charge in [0.05, 0.1) is 0 Å². The molecule has 2 saturated carbocycles. The first-order valence-corrected chi connectivity index (χ1v) is 7.69. The molecule has 1 N–H and O–H groups in total. The van der Waals surface area contributed by atoms with Gasteiger partial charge in [0.1, 0.15) is 6.54 Å². The summed E-state index contributed by atoms with van der Waals surface area (Å²) >= 11 is 12.0. The Kier molecular flexibility index (Phi) is 3.84. The second-order valence-corrected chi connectivity index (χ2v) is 6.62. The van der Waals surface area contributed by atoms with E-state index in [4.69, 9.17) is 28.3 Å². The van der Waals surface area contributed by atoms with E-state index in [9.17, 15) is 9.59 Å². The van der Waals surface area contributed by atoms with Gasteiger partial charge < -0.3 is 10.0 Å². The van der Waals surface area contributed by atoms with Crippen molar-refractivity contribution < 1.29 is 14.7 Å². The molecule has 0 spiro atoms. The van der Waals surface area contributed by atoms with Crippen LogP contribution in [-0.4, -0.2) is 34.5 Å². The van der Waals surface area contributed by atoms with E-state index in [0.29, 0.717) is 10.0 Å². The van der Waals surface area contributed by atoms with Gasteiger partial charge in [0, 0.05) is 22.0 Å². The molecule has 1 aromatic rings. The van der Waals surface area contributed by atoms with E-state index >= 15 is 0 Å². The van der Waals surface area contributed by atoms with Crippen LogP contribution in [0.3, 0.4) is 0 Å². The fourth-order valence-corrected chi connectivity index (χ4v) is 3.30. The van der Waals surface area contributed by atoms with Gasteiger partial charge in [-0.15, -0.1) is 0 Å². The minimum absolute atomic E-state index is 0.0546. The van der Waals surface area contributed by atoms with E-state index in [1.807, 2.05) is 12.1 Å². The maximum atomic E-state index is 12.5. The maximum Gasteiger partial charge on any atom is 0.323 e. The highest BCUT2D eigenvalue weighted by atomic mass is 35.5. The highest BCUT2D eigenvalue weighted by molar-refractivity contribution is 6.34. The minimum atomic E-state index is -0.960. The summed E-state index contributed by atoms with van der Waals surface area (Å²) in [5, 5.41) is 10.1. The topological polar surface area (TPSA) is 57.6 Å². The molecule has 2 unspecified atom stereocenters. The molecule has 2 aliphatic carbocycles. The van der Waals surface area contributed by atoms with Crippen LogP contribution >= 0.6 is 23.2 Å². The van der Waals surface area contributed by atoms with E-state index in [2.05, 4.69) is 0 Å². The SMILES string of the molecule is O=C(O)CN(C(=O)C1CC1c1cc(Cl)cc(Cl)c1)C1CC1. The van der Waals surface area contributed by atoms with E-state index in [1.165, 1.54) is 4.90 Å². The molecule has 1 amide bonds. The van der Waals surface area contributed by atoms with Gasteiger partial charge in [-0.25, -0.2) is 0 Å². The van der Waals surface area contributed by atoms with Gasteiger partial charge in [-0.2, -0.15) is 0 Å². The molecule has 2 fully saturated rings. The smallest absolute Gasteiger partial charge is 0.323 e. The van der Waals surface area contributed by atoms with Crippen LogP contribution in [0.4, 0.5) is 0 Å². The maximum absolute atomic E-state index is 12.5. The fraction of sp³-hybridized carbons (Fsp3) is 0.467. The van der Waals surface area contributed by atoms with Crippen molar-refractivity contribution in [1.29, 1.82) is 0 Å². The number of benzene rings is 1. The molecular formula is C15H15Cl2NO3. The van der Waals surface area contributed by atoms with E-state index < -0.39 is 5.97 Å². The van der Waals surface area contributed by atoms with Crippen LogP contribution in [0, 0.1) is 5.92 Å². The third-order valence-electron chi connectivity index (χ3n) is 4.00. The molecule has 2 atom stereocenters. The molecule has 1 aromatic carbocycles. The molecule has 3 rings (SSSR count). The number of aliphatic carboxylic acids is 1. The van der Waals surface area contributed by atoms with Crippen molar-refractivity contribution in [2.75, 3.05) is 6.54 Å². The highest BCUT2D eigenvalue weighted by Crippen LogP contribution is 2.50. The van der Waals surface area contributed by atoms with Crippen LogP contribution in [0.25, 0.3) is 0 Å². The van der Waals surface area contributed by atoms with Crippen LogP contribution < -0.4 is 0 Å². The second kappa shape index (κ2) is 5.50. The van der Waals surface area contributed by atoms with Crippen LogP contribution in [0.1, 0.15) is 30.7 Å². The molecule has 112 valence electrons. The molecule has 0 radical (unpaired) electrons. The van der Waals surface area contributed by atoms with Gasteiger partial charge in [0.15, 0.2) is 0 Å². The number of halogens is 2. The summed E-state index contributed by atoms with van der Waals surface area (Å²) in [6, 6.07) is 5.42. The lowest BCUT2D eigenvalue weighted by molar-refractivity contribution is -0.145. The van der Waals surface area contributed by atoms with E-state index in [1.54, 1.807) is 6.07 Å². The van der Waals surface area contributed by atoms with Crippen molar-refractivity contribution in [1.82, 2.24) is 4.90 Å². The summed E-state index contributed by atoms with van der Waals surface area (Å²) in [6.45, 7) is -0.205. The van der Waals surface area contributed by atoms with Gasteiger partial charge in [-0.1, -0.05) is 23.2 Å². The zero-order valence-electron chi connectivity index (χ0n) is 11.3. The van der Waals surface area contributed by atoms with Crippen LogP contribution in [0.15, 0.2) is 18.2 Å². The van der Waals surface area contributed by atoms with E-state index in [-0.39, 0.29) is 30.3 Å². The van der Waals surface area contributed by atoms with Gasteiger partial charge >= 0.3 is 5.97 Å². The summed E-state index contributed by atoms with van der Waals surface area (Å²) < 4.78 is 0. The minimum Gasteiger partial charge on any atom is -0.480 e. The summed E-state index contributed by atoms with van der Waals surface area (Å²) in [4.78, 5) is 24.9. The predicted octanol–water partition coefficient (Wildman–Crippen LogP) is 3.17. The average molecular weight is 328 g/mol. The predicted molar refractivity (Wildman–Crippen MR) is 79.7 cm³/mol. The lowest BCUT2D eigenvalue weighted by Gasteiger charge is -2.20. The van der Waals surface area contributed by atoms with Crippen molar-refractivity contribution in [2.45, 2.75) is 31.2 Å². The summed E-state index contributed by atoms with van der Waals surface area (Å²) in [5.74, 6) is -1.05. The Bertz CT molecular complexity index is 580. The number of carboxylic acid groups (broad SMARTS) is 1. The summed E-state index contributed by atoms with van der Waals surface area (Å²) in [6.07, 6.45) is 2.54. The molecule has 0 heterocycles. The molecule has 4 nitrogen and oxygen atoms in total. The number of amides is 1. The Morgan fingerprint density at radius 2 is 1.81 bits per heavy atom. The number of rotatable bonds is 5. The van der Waals surface area contributed by atoms with Gasteiger partial charge in [-0.3, -0.25) is 9.59 Å². The van der Waals surface area contributed by atoms with Gasteiger partial charge in [-0.05, 0) is 48.9 Å². The summed E-state index contributed by atoms with van der Waals surface area (Å²) in [5.41, 5.74) is 0.955. The molecule has 0 aliphatic heterocycles. The Balaban J connectivity index is 1.71. The quantitative estimate of drug-likeness (QED) is 0.903. The normalized spacial score (nSPS) is 23.7. The second-order valence-electron chi connectivity index (χ2n) is 5.74. The molecular weight excluding hydrogens is 313 g/mol. The first-order valence-electron chi connectivity index (χ1n) is 6.94. The molecule has 0 aromatic heterocycles. The van der Waals surface area contributed by atoms with Crippen molar-refractivity contribution >= 4 is 35.1 Å². The van der Waals surface area contributed by atoms with Crippen LogP contribution in [-0.2, 0) is 9.59 Å². The third-order valence-corrected chi connectivity index (χ3v) is 4.43. The number of carbonyl (C=O) groups is 2. The molecule has 0 bridgehead atoms. The summed E-state index contributed by atoms with van der Waals surface area (Å²) in [7, 11) is 0. The Labute approximate surface area is 132 Å². The average Bonchev–Trinajstić information content (AvgIpc) is 3.26. The van der Waals surface area contributed by atoms with E-state index in [0.717, 1.165) is 24.8 Å². The third kappa shape index (κ3) is 3.33. The van der Waals surface area contributed by atoms with Gasteiger partial charge in [0.25, 0.3) is 0 Å². The Hall–Kier alpha value is -1.26. The number of carboxylic acids is 1. The lowest BCUT2D eigenvalue weighted by Crippen LogP contribution is -2.38. The fourth-order valence-electron chi connectivity index (χ4n) is 2.76. The number of carbonyl (C=O) groups excluding carboxylic acids is 1. The standard InChI is InChI=1S/C15H15Cl2NO3/c16-9-3-8(4-10(17)5-9)12-6-13(12)15(21)18(7-14(19)20)11-1-2-11/h3-5,11-13H,1-2,6-7H2,(H,19,20). The number of hydrogen-bond acceptors (Lipinski definition) is 2. The van der Waals surface area contributed by atoms with Crippen molar-refractivity contribution in [3.8, 4) is 0 Å². The van der Waals surface area contributed by atoms with Gasteiger partial charge in [0.2, 0.25) is 5.91 Å². The van der Waals surface area contributed by atoms with Crippen molar-refractivity contribution in [3.63, 3.8) is 0 Å². The largest absolute Gasteiger partial charge is 0.480 e. The molecule has 6 heteroatoms. The van der Waals surface area contributed by atoms with Crippen molar-refractivity contribution in [3.05, 3.63) is 33.8 Å². The molecule has 2 aliphatic rings. The zero-order valence-corrected chi connectivity index (χ0v) is 12.8. The Morgan fingerprint density at radius 3 is 2.33 bits per heavy atom. The Morgan fingerprint density at radius 1 is 1.19 bits per heavy atom. The zero-order chi connectivity index (χ0) is 15.1. The first kappa shape index (κ1) is 14.7. The van der Waals surface area contributed by atoms with Crippen molar-refractivity contribution in [2.24, 2.45) is 5.92 Å². The monoisotopic (exact) mass is 327 g/mol. The molecule has 21 heavy (non-hydrogen) atoms. The number of nitrogens with zero attached hydrogens (tertiary/aromatic N) is 1. The van der Waals surface area contributed by atoms with Crippen LogP contribution in [0.2, 0.25) is 10.0 Å². The highest BCUT2D eigenvalue weighted by Gasteiger charge is 2.48. The van der Waals surface area contributed by atoms with Crippen LogP contribution in [0.5, 0.6) is 0 Å².